The maximum absolute atomic E-state index is 9.00. The van der Waals surface area contributed by atoms with Crippen LogP contribution in [0.3, 0.4) is 0 Å². The van der Waals surface area contributed by atoms with Gasteiger partial charge in [0.1, 0.15) is 0 Å². The van der Waals surface area contributed by atoms with Gasteiger partial charge in [-0.1, -0.05) is 0 Å². The summed E-state index contributed by atoms with van der Waals surface area (Å²) in [6.07, 6.45) is 3.28. The van der Waals surface area contributed by atoms with Crippen molar-refractivity contribution in [1.82, 2.24) is 0 Å². The van der Waals surface area contributed by atoms with Crippen molar-refractivity contribution in [3.8, 4) is 0 Å². The Morgan fingerprint density at radius 3 is 2.82 bits per heavy atom. The lowest BCUT2D eigenvalue weighted by Crippen LogP contribution is -2.35. The zero-order valence-electron chi connectivity index (χ0n) is 10.1. The van der Waals surface area contributed by atoms with E-state index in [2.05, 4.69) is 4.90 Å². The molecule has 1 unspecified atom stereocenters. The van der Waals surface area contributed by atoms with Gasteiger partial charge in [-0.25, -0.2) is 0 Å². The van der Waals surface area contributed by atoms with Crippen LogP contribution < -0.4 is 16.4 Å². The summed E-state index contributed by atoms with van der Waals surface area (Å²) in [4.78, 5) is 2.33. The normalized spacial score (nSPS) is 20.5. The fourth-order valence-electron chi connectivity index (χ4n) is 2.48. The van der Waals surface area contributed by atoms with E-state index in [4.69, 9.17) is 16.6 Å². The van der Waals surface area contributed by atoms with Gasteiger partial charge in [0, 0.05) is 25.4 Å². The molecule has 1 saturated heterocycles. The maximum Gasteiger partial charge on any atom is 0.0568 e. The standard InChI is InChI=1S/C13H21N3O/c14-12-4-3-11(8-13(12)15)16-6-1-2-10(9-16)5-7-17/h3-4,8,10,17H,1-2,5-7,9,14-15H2. The molecule has 1 fully saturated rings. The summed E-state index contributed by atoms with van der Waals surface area (Å²) in [6, 6.07) is 5.82. The zero-order chi connectivity index (χ0) is 12.3. The van der Waals surface area contributed by atoms with Crippen LogP contribution in [-0.2, 0) is 0 Å². The van der Waals surface area contributed by atoms with E-state index in [-0.39, 0.29) is 6.61 Å². The van der Waals surface area contributed by atoms with E-state index in [9.17, 15) is 0 Å². The molecule has 17 heavy (non-hydrogen) atoms. The smallest absolute Gasteiger partial charge is 0.0568 e. The van der Waals surface area contributed by atoms with Crippen LogP contribution in [0.1, 0.15) is 19.3 Å². The molecule has 1 aromatic rings. The Morgan fingerprint density at radius 1 is 1.29 bits per heavy atom. The lowest BCUT2D eigenvalue weighted by molar-refractivity contribution is 0.244. The minimum absolute atomic E-state index is 0.280. The Hall–Kier alpha value is -1.42. The van der Waals surface area contributed by atoms with Crippen molar-refractivity contribution in [1.29, 1.82) is 0 Å². The number of aliphatic hydroxyl groups excluding tert-OH is 1. The first-order valence-electron chi connectivity index (χ1n) is 6.21. The Bertz CT molecular complexity index is 379. The second kappa shape index (κ2) is 5.27. The van der Waals surface area contributed by atoms with Gasteiger partial charge in [0.05, 0.1) is 11.4 Å². The van der Waals surface area contributed by atoms with Crippen molar-refractivity contribution in [2.24, 2.45) is 5.92 Å². The SMILES string of the molecule is Nc1ccc(N2CCCC(CCO)C2)cc1N. The van der Waals surface area contributed by atoms with E-state index < -0.39 is 0 Å². The minimum Gasteiger partial charge on any atom is -0.397 e. The third-order valence-corrected chi connectivity index (χ3v) is 3.49. The predicted molar refractivity (Wildman–Crippen MR) is 71.9 cm³/mol. The molecule has 1 aliphatic heterocycles. The molecule has 0 saturated carbocycles. The van der Waals surface area contributed by atoms with Crippen LogP contribution in [-0.4, -0.2) is 24.8 Å². The molecule has 1 aromatic carbocycles. The van der Waals surface area contributed by atoms with Crippen LogP contribution in [0.4, 0.5) is 17.1 Å². The predicted octanol–water partition coefficient (Wildman–Crippen LogP) is 1.45. The van der Waals surface area contributed by atoms with Gasteiger partial charge in [0.15, 0.2) is 0 Å². The molecule has 5 N–H and O–H groups in total. The van der Waals surface area contributed by atoms with Crippen LogP contribution in [0.25, 0.3) is 0 Å². The Morgan fingerprint density at radius 2 is 2.12 bits per heavy atom. The number of nitrogen functional groups attached to an aromatic ring is 2. The van der Waals surface area contributed by atoms with Crippen molar-refractivity contribution < 1.29 is 5.11 Å². The lowest BCUT2D eigenvalue weighted by atomic mass is 9.95. The third kappa shape index (κ3) is 2.82. The van der Waals surface area contributed by atoms with Crippen LogP contribution >= 0.6 is 0 Å². The number of piperidine rings is 1. The van der Waals surface area contributed by atoms with Crippen LogP contribution in [0.15, 0.2) is 18.2 Å². The van der Waals surface area contributed by atoms with Crippen LogP contribution in [0, 0.1) is 5.92 Å². The van der Waals surface area contributed by atoms with Crippen LogP contribution in [0.5, 0.6) is 0 Å². The number of rotatable bonds is 3. The van der Waals surface area contributed by atoms with Crippen molar-refractivity contribution in [3.05, 3.63) is 18.2 Å². The molecular weight excluding hydrogens is 214 g/mol. The molecule has 94 valence electrons. The molecule has 0 amide bonds. The van der Waals surface area contributed by atoms with Gasteiger partial charge in [-0.15, -0.1) is 0 Å². The molecule has 0 aliphatic carbocycles. The van der Waals surface area contributed by atoms with Crippen molar-refractivity contribution >= 4 is 17.1 Å². The first kappa shape index (κ1) is 12.0. The summed E-state index contributed by atoms with van der Waals surface area (Å²) in [6.45, 7) is 2.34. The quantitative estimate of drug-likeness (QED) is 0.693. The topological polar surface area (TPSA) is 75.5 Å². The summed E-state index contributed by atoms with van der Waals surface area (Å²) in [5, 5.41) is 9.00. The Kier molecular flexibility index (Phi) is 3.74. The van der Waals surface area contributed by atoms with Gasteiger partial charge < -0.3 is 21.5 Å². The first-order chi connectivity index (χ1) is 8.20. The number of nitrogens with two attached hydrogens (primary N) is 2. The molecule has 4 nitrogen and oxygen atoms in total. The summed E-state index contributed by atoms with van der Waals surface area (Å²) in [5.41, 5.74) is 14.0. The Balaban J connectivity index is 2.08. The molecule has 0 spiro atoms. The van der Waals surface area contributed by atoms with Gasteiger partial charge in [0.2, 0.25) is 0 Å². The van der Waals surface area contributed by atoms with E-state index in [0.29, 0.717) is 17.3 Å². The molecule has 2 rings (SSSR count). The number of hydrogen-bond acceptors (Lipinski definition) is 4. The lowest BCUT2D eigenvalue weighted by Gasteiger charge is -2.34. The molecule has 0 aromatic heterocycles. The highest BCUT2D eigenvalue weighted by atomic mass is 16.3. The minimum atomic E-state index is 0.280. The first-order valence-corrected chi connectivity index (χ1v) is 6.21. The molecule has 1 heterocycles. The molecule has 0 bridgehead atoms. The van der Waals surface area contributed by atoms with Crippen molar-refractivity contribution in [2.75, 3.05) is 36.1 Å². The highest BCUT2D eigenvalue weighted by Gasteiger charge is 2.19. The number of aliphatic hydroxyl groups is 1. The fraction of sp³-hybridized carbons (Fsp3) is 0.538. The molecule has 0 radical (unpaired) electrons. The van der Waals surface area contributed by atoms with E-state index in [1.54, 1.807) is 0 Å². The number of hydrogen-bond donors (Lipinski definition) is 3. The molecular formula is C13H21N3O. The van der Waals surface area contributed by atoms with E-state index in [1.165, 1.54) is 12.8 Å². The van der Waals surface area contributed by atoms with Gasteiger partial charge in [0.25, 0.3) is 0 Å². The van der Waals surface area contributed by atoms with Crippen molar-refractivity contribution in [2.45, 2.75) is 19.3 Å². The number of benzene rings is 1. The second-order valence-corrected chi connectivity index (χ2v) is 4.78. The van der Waals surface area contributed by atoms with E-state index in [0.717, 1.165) is 25.2 Å². The highest BCUT2D eigenvalue weighted by molar-refractivity contribution is 5.69. The summed E-state index contributed by atoms with van der Waals surface area (Å²) in [5.74, 6) is 0.590. The number of anilines is 3. The van der Waals surface area contributed by atoms with Gasteiger partial charge >= 0.3 is 0 Å². The summed E-state index contributed by atoms with van der Waals surface area (Å²) >= 11 is 0. The maximum atomic E-state index is 9.00. The van der Waals surface area contributed by atoms with Gasteiger partial charge in [-0.05, 0) is 43.4 Å². The second-order valence-electron chi connectivity index (χ2n) is 4.78. The van der Waals surface area contributed by atoms with E-state index >= 15 is 0 Å². The average molecular weight is 235 g/mol. The van der Waals surface area contributed by atoms with Crippen molar-refractivity contribution in [3.63, 3.8) is 0 Å². The largest absolute Gasteiger partial charge is 0.397 e. The zero-order valence-corrected chi connectivity index (χ0v) is 10.1. The molecule has 4 heteroatoms. The Labute approximate surface area is 102 Å². The summed E-state index contributed by atoms with van der Waals surface area (Å²) in [7, 11) is 0. The van der Waals surface area contributed by atoms with E-state index in [1.807, 2.05) is 18.2 Å². The average Bonchev–Trinajstić information content (AvgIpc) is 2.33. The third-order valence-electron chi connectivity index (χ3n) is 3.49. The fourth-order valence-corrected chi connectivity index (χ4v) is 2.48. The molecule has 1 aliphatic rings. The number of nitrogens with zero attached hydrogens (tertiary/aromatic N) is 1. The van der Waals surface area contributed by atoms with Crippen LogP contribution in [0.2, 0.25) is 0 Å². The monoisotopic (exact) mass is 235 g/mol. The van der Waals surface area contributed by atoms with Gasteiger partial charge in [-0.2, -0.15) is 0 Å². The van der Waals surface area contributed by atoms with Gasteiger partial charge in [-0.3, -0.25) is 0 Å². The highest BCUT2D eigenvalue weighted by Crippen LogP contribution is 2.28. The molecule has 1 atom stereocenters. The summed E-state index contributed by atoms with van der Waals surface area (Å²) < 4.78 is 0.